The fourth-order valence-corrected chi connectivity index (χ4v) is 3.25. The van der Waals surface area contributed by atoms with Gasteiger partial charge in [0.1, 0.15) is 0 Å². The summed E-state index contributed by atoms with van der Waals surface area (Å²) in [5, 5.41) is 9.76. The molecular formula is C19H17N3O2. The number of nitrogens with zero attached hydrogens (tertiary/aromatic N) is 3. The lowest BCUT2D eigenvalue weighted by Crippen LogP contribution is -2.39. The Balaban J connectivity index is 1.55. The number of benzene rings is 2. The quantitative estimate of drug-likeness (QED) is 0.745. The van der Waals surface area contributed by atoms with Crippen molar-refractivity contribution < 1.29 is 9.53 Å². The first-order valence-corrected chi connectivity index (χ1v) is 7.97. The van der Waals surface area contributed by atoms with Gasteiger partial charge in [0, 0.05) is 22.5 Å². The number of hydrogen-bond donors (Lipinski definition) is 0. The van der Waals surface area contributed by atoms with Crippen LogP contribution in [0.25, 0.3) is 10.8 Å². The maximum absolute atomic E-state index is 12.7. The second kappa shape index (κ2) is 5.92. The van der Waals surface area contributed by atoms with Crippen molar-refractivity contribution in [1.29, 1.82) is 0 Å². The first-order chi connectivity index (χ1) is 11.7. The highest BCUT2D eigenvalue weighted by Gasteiger charge is 2.30. The zero-order valence-electron chi connectivity index (χ0n) is 13.3. The van der Waals surface area contributed by atoms with Crippen LogP contribution >= 0.6 is 0 Å². The summed E-state index contributed by atoms with van der Waals surface area (Å²) < 4.78 is 5.69. The largest absolute Gasteiger partial charge is 0.466 e. The van der Waals surface area contributed by atoms with Crippen molar-refractivity contribution >= 4 is 22.4 Å². The van der Waals surface area contributed by atoms with Crippen molar-refractivity contribution in [2.45, 2.75) is 19.4 Å². The van der Waals surface area contributed by atoms with Crippen LogP contribution in [0.1, 0.15) is 12.5 Å². The molecule has 24 heavy (non-hydrogen) atoms. The van der Waals surface area contributed by atoms with Gasteiger partial charge in [-0.05, 0) is 31.0 Å². The minimum Gasteiger partial charge on any atom is -0.466 e. The number of aromatic nitrogens is 2. The molecule has 5 heteroatoms. The highest BCUT2D eigenvalue weighted by Crippen LogP contribution is 2.32. The number of anilines is 1. The van der Waals surface area contributed by atoms with Crippen molar-refractivity contribution in [3.63, 3.8) is 0 Å². The molecule has 0 saturated heterocycles. The molecular weight excluding hydrogens is 302 g/mol. The SMILES string of the molecule is C[C@H]1Cc2ccccc2N1C(=O)COc1nncc2ccccc12. The predicted molar refractivity (Wildman–Crippen MR) is 92.1 cm³/mol. The van der Waals surface area contributed by atoms with Gasteiger partial charge in [0.15, 0.2) is 6.61 Å². The van der Waals surface area contributed by atoms with Gasteiger partial charge < -0.3 is 9.64 Å². The highest BCUT2D eigenvalue weighted by atomic mass is 16.5. The lowest BCUT2D eigenvalue weighted by molar-refractivity contribution is -0.120. The molecule has 5 nitrogen and oxygen atoms in total. The van der Waals surface area contributed by atoms with Crippen LogP contribution in [-0.2, 0) is 11.2 Å². The summed E-state index contributed by atoms with van der Waals surface area (Å²) in [6.45, 7) is 2.00. The third kappa shape index (κ3) is 2.48. The van der Waals surface area contributed by atoms with E-state index >= 15 is 0 Å². The number of ether oxygens (including phenoxy) is 1. The smallest absolute Gasteiger partial charge is 0.265 e. The van der Waals surface area contributed by atoms with Gasteiger partial charge in [-0.3, -0.25) is 4.79 Å². The maximum Gasteiger partial charge on any atom is 0.265 e. The Morgan fingerprint density at radius 3 is 2.92 bits per heavy atom. The predicted octanol–water partition coefficient (Wildman–Crippen LogP) is 2.99. The molecule has 4 rings (SSSR count). The number of para-hydroxylation sites is 1. The van der Waals surface area contributed by atoms with E-state index in [1.54, 1.807) is 6.20 Å². The van der Waals surface area contributed by atoms with E-state index in [1.807, 2.05) is 47.4 Å². The minimum atomic E-state index is -0.0674. The number of amides is 1. The molecule has 1 atom stereocenters. The van der Waals surface area contributed by atoms with E-state index in [0.29, 0.717) is 5.88 Å². The maximum atomic E-state index is 12.7. The molecule has 0 unspecified atom stereocenters. The van der Waals surface area contributed by atoms with Crippen molar-refractivity contribution in [3.8, 4) is 5.88 Å². The van der Waals surface area contributed by atoms with Crippen LogP contribution in [0.15, 0.2) is 54.7 Å². The molecule has 1 amide bonds. The molecule has 0 spiro atoms. The first-order valence-electron chi connectivity index (χ1n) is 7.97. The average molecular weight is 319 g/mol. The third-order valence-corrected chi connectivity index (χ3v) is 4.34. The van der Waals surface area contributed by atoms with E-state index < -0.39 is 0 Å². The summed E-state index contributed by atoms with van der Waals surface area (Å²) in [5.41, 5.74) is 2.17. The number of carbonyl (C=O) groups excluding carboxylic acids is 1. The van der Waals surface area contributed by atoms with Gasteiger partial charge in [-0.25, -0.2) is 0 Å². The monoisotopic (exact) mass is 319 g/mol. The van der Waals surface area contributed by atoms with Gasteiger partial charge in [0.25, 0.3) is 5.91 Å². The van der Waals surface area contributed by atoms with E-state index in [2.05, 4.69) is 23.2 Å². The summed E-state index contributed by atoms with van der Waals surface area (Å²) in [5.74, 6) is 0.323. The van der Waals surface area contributed by atoms with E-state index in [1.165, 1.54) is 5.56 Å². The molecule has 0 saturated carbocycles. The Morgan fingerprint density at radius 1 is 1.21 bits per heavy atom. The van der Waals surface area contributed by atoms with Crippen molar-refractivity contribution in [2.75, 3.05) is 11.5 Å². The Labute approximate surface area is 139 Å². The first kappa shape index (κ1) is 14.6. The summed E-state index contributed by atoms with van der Waals surface area (Å²) >= 11 is 0. The van der Waals surface area contributed by atoms with E-state index in [-0.39, 0.29) is 18.6 Å². The molecule has 2 heterocycles. The molecule has 0 N–H and O–H groups in total. The normalized spacial score (nSPS) is 16.2. The van der Waals surface area contributed by atoms with Crippen molar-refractivity contribution in [2.24, 2.45) is 0 Å². The topological polar surface area (TPSA) is 55.3 Å². The molecule has 3 aromatic rings. The zero-order valence-corrected chi connectivity index (χ0v) is 13.3. The summed E-state index contributed by atoms with van der Waals surface area (Å²) in [4.78, 5) is 14.5. The lowest BCUT2D eigenvalue weighted by atomic mass is 10.1. The fraction of sp³-hybridized carbons (Fsp3) is 0.211. The van der Waals surface area contributed by atoms with Crippen LogP contribution in [0.4, 0.5) is 5.69 Å². The van der Waals surface area contributed by atoms with Crippen LogP contribution in [-0.4, -0.2) is 28.8 Å². The van der Waals surface area contributed by atoms with Crippen LogP contribution in [0.2, 0.25) is 0 Å². The van der Waals surface area contributed by atoms with Crippen LogP contribution in [0.3, 0.4) is 0 Å². The third-order valence-electron chi connectivity index (χ3n) is 4.34. The lowest BCUT2D eigenvalue weighted by Gasteiger charge is -2.22. The molecule has 0 fully saturated rings. The Hall–Kier alpha value is -2.95. The summed E-state index contributed by atoms with van der Waals surface area (Å²) in [6.07, 6.45) is 2.55. The number of rotatable bonds is 3. The molecule has 2 aromatic carbocycles. The van der Waals surface area contributed by atoms with E-state index in [4.69, 9.17) is 4.74 Å². The van der Waals surface area contributed by atoms with Crippen molar-refractivity contribution in [1.82, 2.24) is 10.2 Å². The molecule has 1 aliphatic heterocycles. The van der Waals surface area contributed by atoms with Gasteiger partial charge in [-0.1, -0.05) is 36.4 Å². The standard InChI is InChI=1S/C19H17N3O2/c1-13-10-14-6-3-5-9-17(14)22(13)18(23)12-24-19-16-8-4-2-7-15(16)11-20-21-19/h2-9,11,13H,10,12H2,1H3/t13-/m0/s1. The summed E-state index contributed by atoms with van der Waals surface area (Å²) in [7, 11) is 0. The Kier molecular flexibility index (Phi) is 3.61. The van der Waals surface area contributed by atoms with E-state index in [0.717, 1.165) is 22.9 Å². The molecule has 1 aliphatic rings. The van der Waals surface area contributed by atoms with Crippen LogP contribution in [0, 0.1) is 0 Å². The van der Waals surface area contributed by atoms with Crippen LogP contribution < -0.4 is 9.64 Å². The van der Waals surface area contributed by atoms with Gasteiger partial charge >= 0.3 is 0 Å². The fourth-order valence-electron chi connectivity index (χ4n) is 3.25. The van der Waals surface area contributed by atoms with Crippen LogP contribution in [0.5, 0.6) is 5.88 Å². The van der Waals surface area contributed by atoms with Gasteiger partial charge in [-0.15, -0.1) is 5.10 Å². The molecule has 0 bridgehead atoms. The number of carbonyl (C=O) groups is 1. The number of hydrogen-bond acceptors (Lipinski definition) is 4. The number of fused-ring (bicyclic) bond motifs is 2. The zero-order chi connectivity index (χ0) is 16.5. The average Bonchev–Trinajstić information content (AvgIpc) is 2.95. The second-order valence-electron chi connectivity index (χ2n) is 5.97. The minimum absolute atomic E-state index is 0.0542. The van der Waals surface area contributed by atoms with Crippen molar-refractivity contribution in [3.05, 3.63) is 60.3 Å². The Morgan fingerprint density at radius 2 is 2.00 bits per heavy atom. The Bertz CT molecular complexity index is 905. The second-order valence-corrected chi connectivity index (χ2v) is 5.97. The summed E-state index contributed by atoms with van der Waals surface area (Å²) in [6, 6.07) is 15.8. The molecule has 0 radical (unpaired) electrons. The van der Waals surface area contributed by atoms with E-state index in [9.17, 15) is 4.79 Å². The van der Waals surface area contributed by atoms with Gasteiger partial charge in [0.05, 0.1) is 6.20 Å². The highest BCUT2D eigenvalue weighted by molar-refractivity contribution is 5.97. The van der Waals surface area contributed by atoms with Gasteiger partial charge in [-0.2, -0.15) is 5.10 Å². The van der Waals surface area contributed by atoms with Gasteiger partial charge in [0.2, 0.25) is 5.88 Å². The molecule has 0 aliphatic carbocycles. The molecule has 120 valence electrons. The molecule has 1 aromatic heterocycles.